The number of aromatic nitrogens is 3. The molecule has 0 bridgehead atoms. The summed E-state index contributed by atoms with van der Waals surface area (Å²) in [5, 5.41) is 11.6. The van der Waals surface area contributed by atoms with Crippen LogP contribution < -0.4 is 5.32 Å². The Morgan fingerprint density at radius 2 is 1.84 bits per heavy atom. The zero-order valence-electron chi connectivity index (χ0n) is 14.8. The second-order valence-corrected chi connectivity index (χ2v) is 6.50. The van der Waals surface area contributed by atoms with Crippen LogP contribution in [0, 0.1) is 5.92 Å². The highest BCUT2D eigenvalue weighted by Crippen LogP contribution is 2.21. The van der Waals surface area contributed by atoms with Gasteiger partial charge in [-0.2, -0.15) is 0 Å². The minimum atomic E-state index is -0.219. The third-order valence-corrected chi connectivity index (χ3v) is 4.17. The highest BCUT2D eigenvalue weighted by Gasteiger charge is 2.24. The number of urea groups is 1. The number of benzene rings is 1. The average molecular weight is 337 g/mol. The van der Waals surface area contributed by atoms with Gasteiger partial charge in [-0.1, -0.05) is 50.2 Å². The predicted octanol–water partition coefficient (Wildman–Crippen LogP) is 3.27. The van der Waals surface area contributed by atoms with Gasteiger partial charge in [0.15, 0.2) is 11.5 Å². The van der Waals surface area contributed by atoms with E-state index >= 15 is 0 Å². The Bertz CT molecular complexity index is 843. The number of nitrogens with zero attached hydrogens (tertiary/aromatic N) is 4. The third kappa shape index (κ3) is 3.79. The maximum absolute atomic E-state index is 12.7. The molecule has 130 valence electrons. The first-order valence-electron chi connectivity index (χ1n) is 8.41. The van der Waals surface area contributed by atoms with Gasteiger partial charge >= 0.3 is 6.03 Å². The number of hydrogen-bond acceptors (Lipinski definition) is 3. The van der Waals surface area contributed by atoms with Gasteiger partial charge < -0.3 is 10.2 Å². The molecule has 3 rings (SSSR count). The van der Waals surface area contributed by atoms with E-state index in [1.54, 1.807) is 11.9 Å². The van der Waals surface area contributed by atoms with Crippen molar-refractivity contribution in [3.8, 4) is 0 Å². The topological polar surface area (TPSA) is 62.5 Å². The number of pyridine rings is 1. The zero-order chi connectivity index (χ0) is 17.8. The van der Waals surface area contributed by atoms with Gasteiger partial charge in [-0.05, 0) is 23.6 Å². The maximum Gasteiger partial charge on any atom is 0.318 e. The molecule has 0 fully saturated rings. The van der Waals surface area contributed by atoms with E-state index in [-0.39, 0.29) is 18.0 Å². The zero-order valence-corrected chi connectivity index (χ0v) is 14.8. The van der Waals surface area contributed by atoms with Crippen LogP contribution >= 0.6 is 0 Å². The number of rotatable bonds is 5. The van der Waals surface area contributed by atoms with E-state index in [2.05, 4.69) is 29.4 Å². The molecule has 0 spiro atoms. The average Bonchev–Trinajstić information content (AvgIpc) is 3.04. The van der Waals surface area contributed by atoms with E-state index in [0.29, 0.717) is 6.54 Å². The van der Waals surface area contributed by atoms with Crippen molar-refractivity contribution in [2.24, 2.45) is 5.92 Å². The Morgan fingerprint density at radius 1 is 1.12 bits per heavy atom. The summed E-state index contributed by atoms with van der Waals surface area (Å²) in [6.45, 7) is 4.68. The van der Waals surface area contributed by atoms with E-state index in [1.807, 2.05) is 59.1 Å². The first kappa shape index (κ1) is 17.0. The van der Waals surface area contributed by atoms with Gasteiger partial charge in [0, 0.05) is 19.8 Å². The van der Waals surface area contributed by atoms with Crippen molar-refractivity contribution in [1.29, 1.82) is 0 Å². The quantitative estimate of drug-likeness (QED) is 0.777. The molecule has 2 heterocycles. The van der Waals surface area contributed by atoms with Gasteiger partial charge in [0.2, 0.25) is 0 Å². The molecule has 2 aromatic heterocycles. The Labute approximate surface area is 147 Å². The summed E-state index contributed by atoms with van der Waals surface area (Å²) in [6.07, 6.45) is 1.92. The first-order chi connectivity index (χ1) is 12.1. The van der Waals surface area contributed by atoms with Crippen molar-refractivity contribution < 1.29 is 4.79 Å². The van der Waals surface area contributed by atoms with E-state index in [0.717, 1.165) is 17.0 Å². The maximum atomic E-state index is 12.7. The van der Waals surface area contributed by atoms with Crippen molar-refractivity contribution in [2.45, 2.75) is 26.4 Å². The normalized spacial score (nSPS) is 12.3. The molecule has 1 atom stereocenters. The number of fused-ring (bicyclic) bond motifs is 1. The molecule has 0 unspecified atom stereocenters. The standard InChI is InChI=1S/C19H23N5O/c1-14(2)17(18-22-21-16-11-7-8-12-24(16)18)20-19(25)23(3)13-15-9-5-4-6-10-15/h4-12,14,17H,13H2,1-3H3,(H,20,25)/t17-/m0/s1. The fourth-order valence-electron chi connectivity index (χ4n) is 2.77. The Kier molecular flexibility index (Phi) is 4.97. The molecule has 0 aliphatic heterocycles. The van der Waals surface area contributed by atoms with Crippen LogP contribution in [0.3, 0.4) is 0 Å². The van der Waals surface area contributed by atoms with Crippen LogP contribution in [0.4, 0.5) is 4.79 Å². The Hall–Kier alpha value is -2.89. The van der Waals surface area contributed by atoms with Crippen molar-refractivity contribution in [3.05, 3.63) is 66.1 Å². The van der Waals surface area contributed by atoms with Gasteiger partial charge in [0.1, 0.15) is 0 Å². The molecule has 2 amide bonds. The monoisotopic (exact) mass is 337 g/mol. The lowest BCUT2D eigenvalue weighted by atomic mass is 10.0. The lowest BCUT2D eigenvalue weighted by Gasteiger charge is -2.25. The molecule has 0 aliphatic rings. The predicted molar refractivity (Wildman–Crippen MR) is 97.0 cm³/mol. The highest BCUT2D eigenvalue weighted by molar-refractivity contribution is 5.74. The number of carbonyl (C=O) groups excluding carboxylic acids is 1. The van der Waals surface area contributed by atoms with Crippen molar-refractivity contribution in [1.82, 2.24) is 24.8 Å². The van der Waals surface area contributed by atoms with E-state index in [4.69, 9.17) is 0 Å². The molecule has 0 saturated heterocycles. The molecule has 25 heavy (non-hydrogen) atoms. The summed E-state index contributed by atoms with van der Waals surface area (Å²) >= 11 is 0. The van der Waals surface area contributed by atoms with Gasteiger partial charge in [-0.15, -0.1) is 10.2 Å². The molecule has 0 saturated carbocycles. The fourth-order valence-corrected chi connectivity index (χ4v) is 2.77. The molecule has 1 N–H and O–H groups in total. The van der Waals surface area contributed by atoms with Gasteiger partial charge in [0.25, 0.3) is 0 Å². The summed E-state index contributed by atoms with van der Waals surface area (Å²) in [4.78, 5) is 14.3. The molecular formula is C19H23N5O. The van der Waals surface area contributed by atoms with Crippen LogP contribution in [0.5, 0.6) is 0 Å². The minimum absolute atomic E-state index is 0.129. The third-order valence-electron chi connectivity index (χ3n) is 4.17. The largest absolute Gasteiger partial charge is 0.328 e. The molecule has 6 nitrogen and oxygen atoms in total. The first-order valence-corrected chi connectivity index (χ1v) is 8.41. The number of nitrogens with one attached hydrogen (secondary N) is 1. The lowest BCUT2D eigenvalue weighted by Crippen LogP contribution is -2.41. The summed E-state index contributed by atoms with van der Waals surface area (Å²) < 4.78 is 1.92. The number of carbonyl (C=O) groups is 1. The molecule has 0 radical (unpaired) electrons. The summed E-state index contributed by atoms with van der Waals surface area (Å²) in [5.41, 5.74) is 1.87. The highest BCUT2D eigenvalue weighted by atomic mass is 16.2. The van der Waals surface area contributed by atoms with Crippen LogP contribution in [-0.2, 0) is 6.54 Å². The number of hydrogen-bond donors (Lipinski definition) is 1. The van der Waals surface area contributed by atoms with Crippen LogP contribution in [0.15, 0.2) is 54.7 Å². The van der Waals surface area contributed by atoms with Crippen LogP contribution in [0.25, 0.3) is 5.65 Å². The minimum Gasteiger partial charge on any atom is -0.328 e. The summed E-state index contributed by atoms with van der Waals surface area (Å²) in [7, 11) is 1.79. The molecule has 6 heteroatoms. The second-order valence-electron chi connectivity index (χ2n) is 6.50. The van der Waals surface area contributed by atoms with Crippen LogP contribution in [-0.4, -0.2) is 32.6 Å². The van der Waals surface area contributed by atoms with Crippen molar-refractivity contribution in [2.75, 3.05) is 7.05 Å². The van der Waals surface area contributed by atoms with Crippen molar-refractivity contribution >= 4 is 11.7 Å². The molecule has 1 aromatic carbocycles. The second kappa shape index (κ2) is 7.34. The fraction of sp³-hybridized carbons (Fsp3) is 0.316. The summed E-state index contributed by atoms with van der Waals surface area (Å²) in [5.74, 6) is 0.925. The van der Waals surface area contributed by atoms with E-state index < -0.39 is 0 Å². The molecule has 0 aliphatic carbocycles. The Morgan fingerprint density at radius 3 is 2.56 bits per heavy atom. The van der Waals surface area contributed by atoms with Crippen LogP contribution in [0.2, 0.25) is 0 Å². The van der Waals surface area contributed by atoms with Gasteiger partial charge in [-0.25, -0.2) is 4.79 Å². The van der Waals surface area contributed by atoms with E-state index in [1.165, 1.54) is 0 Å². The lowest BCUT2D eigenvalue weighted by molar-refractivity contribution is 0.198. The number of amides is 2. The van der Waals surface area contributed by atoms with Gasteiger partial charge in [-0.3, -0.25) is 4.40 Å². The van der Waals surface area contributed by atoms with Crippen LogP contribution in [0.1, 0.15) is 31.3 Å². The van der Waals surface area contributed by atoms with E-state index in [9.17, 15) is 4.79 Å². The van der Waals surface area contributed by atoms with Gasteiger partial charge in [0.05, 0.1) is 6.04 Å². The summed E-state index contributed by atoms with van der Waals surface area (Å²) in [6, 6.07) is 15.3. The Balaban J connectivity index is 1.76. The SMILES string of the molecule is CC(C)[C@H](NC(=O)N(C)Cc1ccccc1)c1nnc2ccccn12. The molecule has 3 aromatic rings. The molecular weight excluding hydrogens is 314 g/mol. The smallest absolute Gasteiger partial charge is 0.318 e. The van der Waals surface area contributed by atoms with Crippen molar-refractivity contribution in [3.63, 3.8) is 0 Å².